The molecule has 0 aromatic rings. The highest BCUT2D eigenvalue weighted by atomic mass is 16.3. The van der Waals surface area contributed by atoms with Crippen LogP contribution < -0.4 is 0 Å². The quantitative estimate of drug-likeness (QED) is 0.667. The Morgan fingerprint density at radius 1 is 0.880 bits per heavy atom. The minimum absolute atomic E-state index is 0.0490. The summed E-state index contributed by atoms with van der Waals surface area (Å²) in [6.07, 6.45) is 10.9. The van der Waals surface area contributed by atoms with Gasteiger partial charge < -0.3 is 5.11 Å². The van der Waals surface area contributed by atoms with Gasteiger partial charge in [-0.15, -0.1) is 0 Å². The van der Waals surface area contributed by atoms with Crippen LogP contribution >= 0.6 is 0 Å². The van der Waals surface area contributed by atoms with Gasteiger partial charge in [-0.25, -0.2) is 0 Å². The number of rotatable bonds is 1. The van der Waals surface area contributed by atoms with Crippen molar-refractivity contribution in [1.29, 1.82) is 0 Å². The van der Waals surface area contributed by atoms with Gasteiger partial charge in [-0.2, -0.15) is 0 Å². The molecule has 0 aliphatic heterocycles. The molecule has 8 atom stereocenters. The molecule has 0 aromatic carbocycles. The topological polar surface area (TPSA) is 37.3 Å². The lowest BCUT2D eigenvalue weighted by atomic mass is 9.44. The van der Waals surface area contributed by atoms with Crippen molar-refractivity contribution in [3.8, 4) is 0 Å². The second-order valence-corrected chi connectivity index (χ2v) is 9.87. The number of carbonyl (C=O) groups excluding carboxylic acids is 1. The van der Waals surface area contributed by atoms with Gasteiger partial charge in [0.05, 0.1) is 6.10 Å². The molecule has 1 N–H and O–H groups in total. The molecule has 0 saturated heterocycles. The highest BCUT2D eigenvalue weighted by Gasteiger charge is 2.60. The number of Topliss-reactive ketones (excluding diaryl/α,β-unsaturated/α-hetero) is 1. The predicted molar refractivity (Wildman–Crippen MR) is 103 cm³/mol. The summed E-state index contributed by atoms with van der Waals surface area (Å²) in [5.41, 5.74) is 0.738. The average molecular weight is 349 g/mol. The van der Waals surface area contributed by atoms with E-state index in [1.54, 1.807) is 0 Å². The molecule has 4 aliphatic carbocycles. The summed E-state index contributed by atoms with van der Waals surface area (Å²) < 4.78 is 0. The van der Waals surface area contributed by atoms with Gasteiger partial charge in [0, 0.05) is 5.92 Å². The lowest BCUT2D eigenvalue weighted by Crippen LogP contribution is -2.54. The second kappa shape index (κ2) is 6.98. The van der Waals surface area contributed by atoms with Crippen molar-refractivity contribution in [3.05, 3.63) is 0 Å². The molecule has 0 amide bonds. The van der Waals surface area contributed by atoms with E-state index in [0.29, 0.717) is 17.1 Å². The van der Waals surface area contributed by atoms with Gasteiger partial charge in [0.2, 0.25) is 0 Å². The summed E-state index contributed by atoms with van der Waals surface area (Å²) in [5.74, 6) is 3.97. The van der Waals surface area contributed by atoms with Crippen LogP contribution in [0.4, 0.5) is 0 Å². The van der Waals surface area contributed by atoms with E-state index < -0.39 is 0 Å². The zero-order valence-electron chi connectivity index (χ0n) is 17.2. The maximum absolute atomic E-state index is 12.2. The van der Waals surface area contributed by atoms with Gasteiger partial charge in [-0.1, -0.05) is 27.7 Å². The third kappa shape index (κ3) is 2.91. The molecule has 4 rings (SSSR count). The first kappa shape index (κ1) is 19.4. The third-order valence-electron chi connectivity index (χ3n) is 9.13. The third-order valence-corrected chi connectivity index (χ3v) is 9.13. The number of aliphatic hydroxyl groups is 1. The molecule has 2 heteroatoms. The number of hydrogen-bond acceptors (Lipinski definition) is 2. The Balaban J connectivity index is 0.000000880. The van der Waals surface area contributed by atoms with Crippen LogP contribution in [0.3, 0.4) is 0 Å². The molecule has 4 fully saturated rings. The van der Waals surface area contributed by atoms with Gasteiger partial charge >= 0.3 is 0 Å². The molecule has 4 saturated carbocycles. The molecule has 0 heterocycles. The van der Waals surface area contributed by atoms with Crippen molar-refractivity contribution < 1.29 is 9.90 Å². The highest BCUT2D eigenvalue weighted by molar-refractivity contribution is 5.79. The zero-order chi connectivity index (χ0) is 18.4. The lowest BCUT2D eigenvalue weighted by Gasteiger charge is -2.60. The minimum Gasteiger partial charge on any atom is -0.393 e. The molecule has 5 unspecified atom stereocenters. The first-order chi connectivity index (χ1) is 11.9. The summed E-state index contributed by atoms with van der Waals surface area (Å²) in [4.78, 5) is 12.2. The highest BCUT2D eigenvalue weighted by Crippen LogP contribution is 2.67. The van der Waals surface area contributed by atoms with E-state index in [2.05, 4.69) is 13.8 Å². The van der Waals surface area contributed by atoms with Crippen LogP contribution in [-0.2, 0) is 4.79 Å². The van der Waals surface area contributed by atoms with Gasteiger partial charge in [-0.3, -0.25) is 4.79 Å². The van der Waals surface area contributed by atoms with E-state index in [1.807, 2.05) is 20.8 Å². The predicted octanol–water partition coefficient (Wildman–Crippen LogP) is 5.62. The number of hydrogen-bond donors (Lipinski definition) is 1. The van der Waals surface area contributed by atoms with E-state index >= 15 is 0 Å². The smallest absolute Gasteiger partial charge is 0.133 e. The summed E-state index contributed by atoms with van der Waals surface area (Å²) in [5, 5.41) is 10.1. The standard InChI is InChI=1S/C21H34O2.C2H6/c1-13(22)17-6-7-18-16-5-4-14-12-15(23)8-10-20(14,2)19(16)9-11-21(17,18)3;1-2/h14-19,23H,4-12H2,1-3H3;1-2H3/t14?,15?,16-,17+,18?,19?,20-,21?;/m0./s1. The number of carbonyl (C=O) groups is 1. The first-order valence-electron chi connectivity index (χ1n) is 11.0. The van der Waals surface area contributed by atoms with E-state index in [1.165, 1.54) is 38.5 Å². The van der Waals surface area contributed by atoms with Gasteiger partial charge in [0.25, 0.3) is 0 Å². The van der Waals surface area contributed by atoms with Crippen LogP contribution in [0.15, 0.2) is 0 Å². The fourth-order valence-corrected chi connectivity index (χ4v) is 7.90. The number of fused-ring (bicyclic) bond motifs is 5. The van der Waals surface area contributed by atoms with E-state index in [4.69, 9.17) is 0 Å². The van der Waals surface area contributed by atoms with Crippen molar-refractivity contribution in [2.45, 2.75) is 98.5 Å². The Labute approximate surface area is 155 Å². The summed E-state index contributed by atoms with van der Waals surface area (Å²) in [6, 6.07) is 0. The van der Waals surface area contributed by atoms with Gasteiger partial charge in [0.15, 0.2) is 0 Å². The van der Waals surface area contributed by atoms with Crippen LogP contribution in [0.25, 0.3) is 0 Å². The monoisotopic (exact) mass is 348 g/mol. The molecule has 0 aromatic heterocycles. The second-order valence-electron chi connectivity index (χ2n) is 9.87. The van der Waals surface area contributed by atoms with Crippen molar-refractivity contribution in [1.82, 2.24) is 0 Å². The molecule has 4 aliphatic rings. The van der Waals surface area contributed by atoms with Crippen LogP contribution in [0.5, 0.6) is 0 Å². The molecule has 2 nitrogen and oxygen atoms in total. The number of aliphatic hydroxyl groups excluding tert-OH is 1. The summed E-state index contributed by atoms with van der Waals surface area (Å²) >= 11 is 0. The molecule has 25 heavy (non-hydrogen) atoms. The number of ketones is 1. The van der Waals surface area contributed by atoms with Crippen molar-refractivity contribution in [3.63, 3.8) is 0 Å². The Bertz CT molecular complexity index is 500. The summed E-state index contributed by atoms with van der Waals surface area (Å²) in [7, 11) is 0. The average Bonchev–Trinajstić information content (AvgIpc) is 2.95. The Hall–Kier alpha value is -0.370. The summed E-state index contributed by atoms with van der Waals surface area (Å²) in [6.45, 7) is 10.8. The van der Waals surface area contributed by atoms with Crippen molar-refractivity contribution in [2.24, 2.45) is 40.4 Å². The van der Waals surface area contributed by atoms with Gasteiger partial charge in [-0.05, 0) is 99.2 Å². The Morgan fingerprint density at radius 2 is 1.52 bits per heavy atom. The van der Waals surface area contributed by atoms with Crippen LogP contribution in [0.2, 0.25) is 0 Å². The molecule has 0 radical (unpaired) electrons. The van der Waals surface area contributed by atoms with Crippen molar-refractivity contribution >= 4 is 5.78 Å². The Kier molecular flexibility index (Phi) is 5.42. The van der Waals surface area contributed by atoms with Crippen molar-refractivity contribution in [2.75, 3.05) is 0 Å². The normalized spacial score (nSPS) is 51.4. The SMILES string of the molecule is CC.CC(=O)[C@H]1CCC2[C@@H]3CCC4CC(O)CC[C@]4(C)C3CCC21C. The maximum atomic E-state index is 12.2. The molecule has 144 valence electrons. The molecular formula is C23H40O2. The molecular weight excluding hydrogens is 308 g/mol. The fraction of sp³-hybridized carbons (Fsp3) is 0.957. The fourth-order valence-electron chi connectivity index (χ4n) is 7.90. The van der Waals surface area contributed by atoms with E-state index in [9.17, 15) is 9.90 Å². The van der Waals surface area contributed by atoms with Crippen LogP contribution in [0.1, 0.15) is 92.4 Å². The van der Waals surface area contributed by atoms with Gasteiger partial charge in [0.1, 0.15) is 5.78 Å². The lowest BCUT2D eigenvalue weighted by molar-refractivity contribution is -0.138. The maximum Gasteiger partial charge on any atom is 0.133 e. The van der Waals surface area contributed by atoms with E-state index in [0.717, 1.165) is 42.9 Å². The van der Waals surface area contributed by atoms with Crippen LogP contribution in [-0.4, -0.2) is 17.0 Å². The first-order valence-corrected chi connectivity index (χ1v) is 11.0. The Morgan fingerprint density at radius 3 is 2.20 bits per heavy atom. The molecule has 0 bridgehead atoms. The van der Waals surface area contributed by atoms with Crippen LogP contribution in [0, 0.1) is 40.4 Å². The minimum atomic E-state index is -0.0490. The largest absolute Gasteiger partial charge is 0.393 e. The zero-order valence-corrected chi connectivity index (χ0v) is 17.2. The van der Waals surface area contributed by atoms with E-state index in [-0.39, 0.29) is 11.5 Å². The molecule has 0 spiro atoms.